The van der Waals surface area contributed by atoms with Gasteiger partial charge in [-0.1, -0.05) is 12.1 Å². The van der Waals surface area contributed by atoms with Gasteiger partial charge in [0.25, 0.3) is 11.8 Å². The fraction of sp³-hybridized carbons (Fsp3) is 0.143. The maximum atomic E-state index is 11.5. The van der Waals surface area contributed by atoms with E-state index in [9.17, 15) is 18.3 Å². The summed E-state index contributed by atoms with van der Waals surface area (Å²) < 4.78 is 28.0. The highest BCUT2D eigenvalue weighted by Gasteiger charge is 2.22. The first-order valence-electron chi connectivity index (χ1n) is 6.90. The second-order valence-electron chi connectivity index (χ2n) is 4.94. The zero-order chi connectivity index (χ0) is 18.6. The summed E-state index contributed by atoms with van der Waals surface area (Å²) in [5.41, 5.74) is 1.22. The van der Waals surface area contributed by atoms with Crippen LogP contribution in [0.5, 0.6) is 0 Å². The lowest BCUT2D eigenvalue weighted by Gasteiger charge is -2.07. The fourth-order valence-corrected chi connectivity index (χ4v) is 3.63. The Morgan fingerprint density at radius 2 is 2.00 bits per heavy atom. The number of carboxylic acid groups (broad SMARTS) is 1. The maximum absolute atomic E-state index is 11.5. The Morgan fingerprint density at radius 3 is 2.52 bits per heavy atom. The number of nitrogens with one attached hydrogen (secondary N) is 1. The Hall–Kier alpha value is -2.01. The number of nitrogens with zero attached hydrogens (tertiary/aromatic N) is 2. The van der Waals surface area contributed by atoms with Crippen molar-refractivity contribution in [3.63, 3.8) is 0 Å². The Kier molecular flexibility index (Phi) is 6.11. The summed E-state index contributed by atoms with van der Waals surface area (Å²) >= 11 is 7.04. The van der Waals surface area contributed by atoms with Gasteiger partial charge in [0.1, 0.15) is 6.72 Å². The quantitative estimate of drug-likeness (QED) is 0.268. The van der Waals surface area contributed by atoms with E-state index in [0.717, 1.165) is 17.6 Å². The van der Waals surface area contributed by atoms with Crippen LogP contribution >= 0.6 is 23.7 Å². The fourth-order valence-electron chi connectivity index (χ4n) is 2.07. The van der Waals surface area contributed by atoms with Crippen molar-refractivity contribution < 1.29 is 22.4 Å². The van der Waals surface area contributed by atoms with Crippen molar-refractivity contribution in [2.45, 2.75) is 0 Å². The minimum atomic E-state index is -4.20. The molecule has 8 nitrogen and oxygen atoms in total. The van der Waals surface area contributed by atoms with Crippen molar-refractivity contribution in [3.05, 3.63) is 42.2 Å². The van der Waals surface area contributed by atoms with Gasteiger partial charge in [0.2, 0.25) is 0 Å². The summed E-state index contributed by atoms with van der Waals surface area (Å²) in [6.07, 6.45) is 1.12. The van der Waals surface area contributed by atoms with Crippen LogP contribution in [0.2, 0.25) is 0 Å². The molecule has 25 heavy (non-hydrogen) atoms. The molecular weight excluding hydrogens is 388 g/mol. The molecule has 0 fully saturated rings. The van der Waals surface area contributed by atoms with Gasteiger partial charge in [-0.3, -0.25) is 0 Å². The summed E-state index contributed by atoms with van der Waals surface area (Å²) in [7, 11) is -4.20. The van der Waals surface area contributed by atoms with Crippen LogP contribution in [-0.4, -0.2) is 46.6 Å². The summed E-state index contributed by atoms with van der Waals surface area (Å²) in [4.78, 5) is 11.4. The second kappa shape index (κ2) is 7.91. The molecule has 0 aliphatic carbocycles. The number of carboxylic acids is 1. The van der Waals surface area contributed by atoms with E-state index in [-0.39, 0.29) is 5.56 Å². The molecule has 4 N–H and O–H groups in total. The van der Waals surface area contributed by atoms with Crippen molar-refractivity contribution in [1.82, 2.24) is 3.97 Å². The molecular formula is C14H16ClN4O4S2+. The molecule has 2 aromatic rings. The highest BCUT2D eigenvalue weighted by Crippen LogP contribution is 2.27. The van der Waals surface area contributed by atoms with Gasteiger partial charge in [-0.2, -0.15) is 8.42 Å². The third-order valence-electron chi connectivity index (χ3n) is 3.15. The summed E-state index contributed by atoms with van der Waals surface area (Å²) in [6, 6.07) is 8.28. The monoisotopic (exact) mass is 403 g/mol. The molecule has 0 aliphatic rings. The Bertz CT molecular complexity index is 894. The Balaban J connectivity index is 2.21. The number of halogens is 1. The van der Waals surface area contributed by atoms with Gasteiger partial charge in [-0.25, -0.2) is 13.9 Å². The molecule has 0 saturated heterocycles. The lowest BCUT2D eigenvalue weighted by molar-refractivity contribution is -0.354. The van der Waals surface area contributed by atoms with Gasteiger partial charge in [0.15, 0.2) is 12.2 Å². The van der Waals surface area contributed by atoms with Crippen molar-refractivity contribution >= 4 is 52.3 Å². The van der Waals surface area contributed by atoms with E-state index < -0.39 is 21.9 Å². The second-order valence-corrected chi connectivity index (χ2v) is 7.74. The molecule has 11 heteroatoms. The first-order valence-corrected chi connectivity index (χ1v) is 9.73. The molecule has 0 saturated carbocycles. The third-order valence-corrected chi connectivity index (χ3v) is 4.94. The van der Waals surface area contributed by atoms with Gasteiger partial charge in [0, 0.05) is 17.4 Å². The van der Waals surface area contributed by atoms with E-state index in [1.54, 1.807) is 24.3 Å². The smallest absolute Gasteiger partial charge is 0.354 e. The highest BCUT2D eigenvalue weighted by molar-refractivity contribution is 8.00. The minimum Gasteiger partial charge on any atom is -0.477 e. The van der Waals surface area contributed by atoms with Crippen LogP contribution in [-0.2, 0) is 10.2 Å². The van der Waals surface area contributed by atoms with Crippen LogP contribution in [0.3, 0.4) is 0 Å². The molecule has 1 heterocycles. The first-order chi connectivity index (χ1) is 11.7. The number of hydrogen-bond donors (Lipinski definition) is 3. The normalized spacial score (nSPS) is 11.3. The minimum absolute atomic E-state index is 0.260. The van der Waals surface area contributed by atoms with Gasteiger partial charge >= 0.3 is 16.2 Å². The maximum Gasteiger partial charge on any atom is 0.354 e. The van der Waals surface area contributed by atoms with Gasteiger partial charge in [0.05, 0.1) is 5.75 Å². The van der Waals surface area contributed by atoms with E-state index in [1.807, 2.05) is 0 Å². The molecule has 0 atom stereocenters. The third kappa shape index (κ3) is 4.98. The first kappa shape index (κ1) is 19.3. The molecule has 2 rings (SSSR count). The van der Waals surface area contributed by atoms with E-state index in [4.69, 9.17) is 16.9 Å². The predicted octanol–water partition coefficient (Wildman–Crippen LogP) is 1.83. The molecule has 0 spiro atoms. The van der Waals surface area contributed by atoms with Crippen LogP contribution in [0, 0.1) is 0 Å². The Morgan fingerprint density at radius 1 is 1.36 bits per heavy atom. The number of aromatic nitrogens is 1. The topological polar surface area (TPSA) is 117 Å². The molecule has 0 bridgehead atoms. The van der Waals surface area contributed by atoms with E-state index in [1.165, 1.54) is 22.1 Å². The average molecular weight is 404 g/mol. The van der Waals surface area contributed by atoms with Crippen LogP contribution in [0.4, 0.5) is 5.69 Å². The number of rotatable bonds is 8. The molecule has 0 aliphatic heterocycles. The average Bonchev–Trinajstić information content (AvgIpc) is 2.97. The summed E-state index contributed by atoms with van der Waals surface area (Å²) in [5, 5.41) is 14.4. The molecule has 1 aromatic carbocycles. The summed E-state index contributed by atoms with van der Waals surface area (Å²) in [6.45, 7) is 4.12. The van der Waals surface area contributed by atoms with Crippen LogP contribution in [0.25, 0.3) is 11.1 Å². The number of hydrogen-bond acceptors (Lipinski definition) is 5. The van der Waals surface area contributed by atoms with Crippen LogP contribution in [0.1, 0.15) is 10.5 Å². The van der Waals surface area contributed by atoms with Crippen LogP contribution < -0.4 is 9.86 Å². The number of anilines is 1. The molecule has 0 amide bonds. The van der Waals surface area contributed by atoms with Crippen molar-refractivity contribution in [1.29, 1.82) is 0 Å². The molecule has 0 unspecified atom stereocenters. The molecule has 134 valence electrons. The van der Waals surface area contributed by atoms with E-state index in [2.05, 4.69) is 11.4 Å². The zero-order valence-electron chi connectivity index (χ0n) is 12.9. The largest absolute Gasteiger partial charge is 0.477 e. The lowest BCUT2D eigenvalue weighted by Crippen LogP contribution is -2.24. The number of carbonyl (C=O) groups is 1. The number of nitrogens with two attached hydrogens (primary N) is 1. The van der Waals surface area contributed by atoms with Crippen molar-refractivity contribution in [2.75, 3.05) is 17.0 Å². The van der Waals surface area contributed by atoms with E-state index >= 15 is 0 Å². The predicted molar refractivity (Wildman–Crippen MR) is 99.5 cm³/mol. The zero-order valence-corrected chi connectivity index (χ0v) is 15.3. The lowest BCUT2D eigenvalue weighted by atomic mass is 10.1. The van der Waals surface area contributed by atoms with E-state index in [0.29, 0.717) is 16.1 Å². The van der Waals surface area contributed by atoms with Gasteiger partial charge in [-0.15, -0.1) is 4.09 Å². The molecule has 0 radical (unpaired) electrons. The number of benzene rings is 1. The molecule has 1 aromatic heterocycles. The highest BCUT2D eigenvalue weighted by atomic mass is 35.5. The standard InChI is InChI=1S/C14H15ClN4O4S2/c1-18(15)8-9-24-17-11-4-2-10(3-5-11)12-6-7-19(25(16,22)23)13(12)14(20)21/h2-7,17H,1,8-9H2,(H2-,16,20,21,22,23)/p+1. The summed E-state index contributed by atoms with van der Waals surface area (Å²) in [5.74, 6) is -0.666. The van der Waals surface area contributed by atoms with Gasteiger partial charge < -0.3 is 9.83 Å². The van der Waals surface area contributed by atoms with Crippen molar-refractivity contribution in [3.8, 4) is 11.1 Å². The Labute approximate surface area is 154 Å². The van der Waals surface area contributed by atoms with Crippen LogP contribution in [0.15, 0.2) is 36.5 Å². The number of aromatic carboxylic acids is 1. The van der Waals surface area contributed by atoms with Crippen molar-refractivity contribution in [2.24, 2.45) is 5.14 Å². The van der Waals surface area contributed by atoms with Gasteiger partial charge in [-0.05, 0) is 35.7 Å². The SMILES string of the molecule is C=[N+](Cl)CCSNc1ccc(-c2ccn(S(N)(=O)=O)c2C(=O)O)cc1.